The molecule has 0 aliphatic carbocycles. The van der Waals surface area contributed by atoms with Crippen molar-refractivity contribution in [1.29, 1.82) is 0 Å². The van der Waals surface area contributed by atoms with E-state index in [4.69, 9.17) is 5.73 Å². The molecule has 0 unspecified atom stereocenters. The zero-order valence-corrected chi connectivity index (χ0v) is 14.4. The van der Waals surface area contributed by atoms with Crippen molar-refractivity contribution >= 4 is 34.1 Å². The van der Waals surface area contributed by atoms with Gasteiger partial charge < -0.3 is 15.4 Å². The number of ketones is 1. The van der Waals surface area contributed by atoms with Gasteiger partial charge in [0.05, 0.1) is 15.8 Å². The molecule has 0 atom stereocenters. The summed E-state index contributed by atoms with van der Waals surface area (Å²) in [5.74, 6) is -2.14. The highest BCUT2D eigenvalue weighted by molar-refractivity contribution is 7.12. The van der Waals surface area contributed by atoms with Gasteiger partial charge >= 0.3 is 0 Å². The second kappa shape index (κ2) is 5.96. The van der Waals surface area contributed by atoms with E-state index in [1.165, 1.54) is 22.0 Å². The van der Waals surface area contributed by atoms with Crippen LogP contribution in [0.25, 0.3) is 11.0 Å². The summed E-state index contributed by atoms with van der Waals surface area (Å²) in [6, 6.07) is 5.87. The van der Waals surface area contributed by atoms with Gasteiger partial charge in [-0.1, -0.05) is 6.07 Å². The number of thiophene rings is 1. The van der Waals surface area contributed by atoms with E-state index in [9.17, 15) is 19.1 Å². The number of primary amides is 1. The van der Waals surface area contributed by atoms with Crippen LogP contribution in [0, 0.1) is 11.4 Å². The van der Waals surface area contributed by atoms with E-state index >= 15 is 0 Å². The van der Waals surface area contributed by atoms with E-state index in [-0.39, 0.29) is 23.5 Å². The molecule has 1 amide bonds. The Kier molecular flexibility index (Phi) is 4.08. The Morgan fingerprint density at radius 1 is 1.36 bits per heavy atom. The summed E-state index contributed by atoms with van der Waals surface area (Å²) in [5.41, 5.74) is 4.74. The third-order valence-electron chi connectivity index (χ3n) is 4.04. The van der Waals surface area contributed by atoms with Crippen molar-refractivity contribution in [2.45, 2.75) is 20.4 Å². The van der Waals surface area contributed by atoms with E-state index < -0.39 is 23.1 Å². The Labute approximate surface area is 146 Å². The van der Waals surface area contributed by atoms with Crippen LogP contribution in [-0.4, -0.2) is 26.3 Å². The van der Waals surface area contributed by atoms with Crippen molar-refractivity contribution in [2.24, 2.45) is 11.1 Å². The van der Waals surface area contributed by atoms with Gasteiger partial charge in [0.25, 0.3) is 0 Å². The molecule has 3 N–H and O–H groups in total. The van der Waals surface area contributed by atoms with Crippen molar-refractivity contribution in [3.8, 4) is 5.88 Å². The lowest BCUT2D eigenvalue weighted by Crippen LogP contribution is -2.35. The Hall–Kier alpha value is -2.74. The average Bonchev–Trinajstić information content (AvgIpc) is 3.14. The molecule has 3 rings (SSSR count). The topological polar surface area (TPSA) is 98.2 Å². The van der Waals surface area contributed by atoms with Gasteiger partial charge in [-0.2, -0.15) is 4.39 Å². The van der Waals surface area contributed by atoms with Crippen LogP contribution in [-0.2, 0) is 11.3 Å². The number of carbonyl (C=O) groups is 2. The molecule has 0 aliphatic heterocycles. The summed E-state index contributed by atoms with van der Waals surface area (Å²) in [7, 11) is 0. The first-order chi connectivity index (χ1) is 11.7. The van der Waals surface area contributed by atoms with Gasteiger partial charge in [0.15, 0.2) is 0 Å². The van der Waals surface area contributed by atoms with Crippen LogP contribution in [0.15, 0.2) is 29.6 Å². The van der Waals surface area contributed by atoms with Gasteiger partial charge in [-0.25, -0.2) is 4.98 Å². The predicted molar refractivity (Wildman–Crippen MR) is 92.1 cm³/mol. The lowest BCUT2D eigenvalue weighted by atomic mass is 9.92. The summed E-state index contributed by atoms with van der Waals surface area (Å²) in [4.78, 5) is 28.6. The van der Waals surface area contributed by atoms with Crippen LogP contribution in [0.1, 0.15) is 29.1 Å². The maximum atomic E-state index is 13.6. The minimum Gasteiger partial charge on any atom is -0.494 e. The second-order valence-electron chi connectivity index (χ2n) is 6.34. The zero-order chi connectivity index (χ0) is 18.4. The fourth-order valence-corrected chi connectivity index (χ4v) is 3.23. The maximum Gasteiger partial charge on any atom is 0.224 e. The highest BCUT2D eigenvalue weighted by atomic mass is 32.1. The van der Waals surface area contributed by atoms with Gasteiger partial charge in [0.2, 0.25) is 23.5 Å². The number of pyridine rings is 1. The van der Waals surface area contributed by atoms with Crippen molar-refractivity contribution in [3.05, 3.63) is 46.0 Å². The number of aromatic nitrogens is 2. The molecule has 8 heteroatoms. The minimum atomic E-state index is -0.985. The SMILES string of the molecule is CC(C)(Cn1c(O)c(C(=O)c2cccs2)c2nc(F)ccc21)C(N)=O. The molecule has 0 bridgehead atoms. The van der Waals surface area contributed by atoms with Crippen molar-refractivity contribution in [1.82, 2.24) is 9.55 Å². The van der Waals surface area contributed by atoms with E-state index in [0.717, 1.165) is 6.07 Å². The van der Waals surface area contributed by atoms with Crippen LogP contribution in [0.4, 0.5) is 4.39 Å². The number of fused-ring (bicyclic) bond motifs is 1. The van der Waals surface area contributed by atoms with Gasteiger partial charge in [-0.3, -0.25) is 9.59 Å². The molecule has 25 heavy (non-hydrogen) atoms. The van der Waals surface area contributed by atoms with E-state index in [1.54, 1.807) is 31.4 Å². The van der Waals surface area contributed by atoms with Crippen molar-refractivity contribution in [2.75, 3.05) is 0 Å². The first-order valence-corrected chi connectivity index (χ1v) is 8.36. The van der Waals surface area contributed by atoms with Crippen molar-refractivity contribution < 1.29 is 19.1 Å². The molecule has 3 aromatic heterocycles. The molecule has 3 aromatic rings. The van der Waals surface area contributed by atoms with Crippen LogP contribution in [0.3, 0.4) is 0 Å². The number of halogens is 1. The van der Waals surface area contributed by atoms with E-state index in [2.05, 4.69) is 4.98 Å². The molecule has 0 radical (unpaired) electrons. The van der Waals surface area contributed by atoms with Crippen molar-refractivity contribution in [3.63, 3.8) is 0 Å². The predicted octanol–water partition coefficient (Wildman–Crippen LogP) is 2.68. The fraction of sp³-hybridized carbons (Fsp3) is 0.235. The molecule has 0 aliphatic rings. The van der Waals surface area contributed by atoms with Crippen LogP contribution in [0.2, 0.25) is 0 Å². The third-order valence-corrected chi connectivity index (χ3v) is 4.91. The van der Waals surface area contributed by atoms with Gasteiger partial charge in [-0.15, -0.1) is 11.3 Å². The molecule has 0 saturated carbocycles. The first-order valence-electron chi connectivity index (χ1n) is 7.48. The Bertz CT molecular complexity index is 977. The molecule has 3 heterocycles. The Balaban J connectivity index is 2.24. The van der Waals surface area contributed by atoms with E-state index in [1.807, 2.05) is 0 Å². The summed E-state index contributed by atoms with van der Waals surface area (Å²) >= 11 is 1.21. The molecule has 0 saturated heterocycles. The molecule has 0 aromatic carbocycles. The fourth-order valence-electron chi connectivity index (χ4n) is 2.56. The highest BCUT2D eigenvalue weighted by Crippen LogP contribution is 2.35. The zero-order valence-electron chi connectivity index (χ0n) is 13.6. The molecule has 0 fully saturated rings. The number of hydrogen-bond acceptors (Lipinski definition) is 5. The second-order valence-corrected chi connectivity index (χ2v) is 7.29. The third kappa shape index (κ3) is 2.89. The summed E-state index contributed by atoms with van der Waals surface area (Å²) < 4.78 is 15.0. The smallest absolute Gasteiger partial charge is 0.224 e. The lowest BCUT2D eigenvalue weighted by molar-refractivity contribution is -0.126. The normalized spacial score (nSPS) is 11.8. The van der Waals surface area contributed by atoms with Crippen LogP contribution < -0.4 is 5.73 Å². The average molecular weight is 361 g/mol. The minimum absolute atomic E-state index is 0.0235. The molecule has 130 valence electrons. The Morgan fingerprint density at radius 2 is 2.08 bits per heavy atom. The van der Waals surface area contributed by atoms with Gasteiger partial charge in [-0.05, 0) is 37.4 Å². The standard InChI is InChI=1S/C17H16FN3O3S/c1-17(2,16(19)24)8-21-9-5-6-11(18)20-13(9)12(15(21)23)14(22)10-4-3-7-25-10/h3-7,23H,8H2,1-2H3,(H2,19,24). The number of nitrogens with two attached hydrogens (primary N) is 1. The van der Waals surface area contributed by atoms with Gasteiger partial charge in [0.1, 0.15) is 11.1 Å². The number of aromatic hydroxyl groups is 1. The molecule has 6 nitrogen and oxygen atoms in total. The number of nitrogens with zero attached hydrogens (tertiary/aromatic N) is 2. The Morgan fingerprint density at radius 3 is 2.68 bits per heavy atom. The molecular weight excluding hydrogens is 345 g/mol. The number of amides is 1. The monoisotopic (exact) mass is 361 g/mol. The molecular formula is C17H16FN3O3S. The number of rotatable bonds is 5. The lowest BCUT2D eigenvalue weighted by Gasteiger charge is -2.22. The van der Waals surface area contributed by atoms with Crippen LogP contribution >= 0.6 is 11.3 Å². The largest absolute Gasteiger partial charge is 0.494 e. The first kappa shape index (κ1) is 17.1. The summed E-state index contributed by atoms with van der Waals surface area (Å²) in [6.45, 7) is 3.27. The maximum absolute atomic E-state index is 13.6. The van der Waals surface area contributed by atoms with E-state index in [0.29, 0.717) is 10.4 Å². The quantitative estimate of drug-likeness (QED) is 0.539. The van der Waals surface area contributed by atoms with Gasteiger partial charge in [0, 0.05) is 6.54 Å². The summed E-state index contributed by atoms with van der Waals surface area (Å²) in [6.07, 6.45) is 0. The molecule has 0 spiro atoms. The summed E-state index contributed by atoms with van der Waals surface area (Å²) in [5, 5.41) is 12.4. The highest BCUT2D eigenvalue weighted by Gasteiger charge is 2.31. The number of carbonyl (C=O) groups excluding carboxylic acids is 2. The van der Waals surface area contributed by atoms with Crippen LogP contribution in [0.5, 0.6) is 5.88 Å². The number of hydrogen-bond donors (Lipinski definition) is 2.